The standard InChI is InChI=1S/C10H7BrN2S/c11-3-7-5-14-10-8(7)2-1-6(4-12)9(10)13/h1-2,5H,3,13H2. The lowest BCUT2D eigenvalue weighted by Gasteiger charge is -1.99. The van der Waals surface area contributed by atoms with Gasteiger partial charge in [-0.2, -0.15) is 5.26 Å². The Hall–Kier alpha value is -1.05. The third kappa shape index (κ3) is 1.29. The normalized spacial score (nSPS) is 10.3. The monoisotopic (exact) mass is 266 g/mol. The van der Waals surface area contributed by atoms with Crippen molar-refractivity contribution in [1.82, 2.24) is 0 Å². The van der Waals surface area contributed by atoms with Crippen molar-refractivity contribution in [3.8, 4) is 6.07 Å². The molecule has 2 nitrogen and oxygen atoms in total. The number of hydrogen-bond donors (Lipinski definition) is 1. The summed E-state index contributed by atoms with van der Waals surface area (Å²) in [5.41, 5.74) is 8.25. The second kappa shape index (κ2) is 3.60. The quantitative estimate of drug-likeness (QED) is 0.637. The molecule has 2 rings (SSSR count). The number of halogens is 1. The highest BCUT2D eigenvalue weighted by molar-refractivity contribution is 9.08. The SMILES string of the molecule is N#Cc1ccc2c(CBr)csc2c1N. The molecule has 0 radical (unpaired) electrons. The van der Waals surface area contributed by atoms with E-state index in [0.29, 0.717) is 11.3 Å². The van der Waals surface area contributed by atoms with E-state index in [2.05, 4.69) is 27.4 Å². The maximum Gasteiger partial charge on any atom is 0.101 e. The first kappa shape index (κ1) is 9.50. The molecule has 0 atom stereocenters. The minimum Gasteiger partial charge on any atom is -0.396 e. The van der Waals surface area contributed by atoms with Gasteiger partial charge in [0.2, 0.25) is 0 Å². The van der Waals surface area contributed by atoms with Crippen LogP contribution in [0, 0.1) is 11.3 Å². The van der Waals surface area contributed by atoms with E-state index in [0.717, 1.165) is 15.4 Å². The lowest BCUT2D eigenvalue weighted by atomic mass is 10.1. The van der Waals surface area contributed by atoms with Crippen molar-refractivity contribution >= 4 is 43.0 Å². The maximum absolute atomic E-state index is 8.81. The molecule has 0 saturated heterocycles. The van der Waals surface area contributed by atoms with Crippen LogP contribution in [0.1, 0.15) is 11.1 Å². The van der Waals surface area contributed by atoms with Crippen LogP contribution in [0.15, 0.2) is 17.5 Å². The van der Waals surface area contributed by atoms with Gasteiger partial charge in [0.05, 0.1) is 16.0 Å². The van der Waals surface area contributed by atoms with Crippen LogP contribution < -0.4 is 5.73 Å². The summed E-state index contributed by atoms with van der Waals surface area (Å²) in [6, 6.07) is 5.81. The summed E-state index contributed by atoms with van der Waals surface area (Å²) in [6.07, 6.45) is 0. The number of nitrogens with zero attached hydrogens (tertiary/aromatic N) is 1. The fourth-order valence-corrected chi connectivity index (χ4v) is 3.09. The van der Waals surface area contributed by atoms with Gasteiger partial charge in [-0.25, -0.2) is 0 Å². The second-order valence-corrected chi connectivity index (χ2v) is 4.35. The van der Waals surface area contributed by atoms with E-state index < -0.39 is 0 Å². The van der Waals surface area contributed by atoms with Crippen molar-refractivity contribution < 1.29 is 0 Å². The Morgan fingerprint density at radius 1 is 1.50 bits per heavy atom. The third-order valence-electron chi connectivity index (χ3n) is 2.13. The molecule has 0 aliphatic carbocycles. The summed E-state index contributed by atoms with van der Waals surface area (Å²) in [4.78, 5) is 0. The summed E-state index contributed by atoms with van der Waals surface area (Å²) < 4.78 is 1.01. The number of anilines is 1. The Balaban J connectivity index is 2.80. The van der Waals surface area contributed by atoms with E-state index >= 15 is 0 Å². The predicted molar refractivity (Wildman–Crippen MR) is 63.6 cm³/mol. The van der Waals surface area contributed by atoms with Crippen molar-refractivity contribution in [2.75, 3.05) is 5.73 Å². The molecule has 1 aromatic heterocycles. The molecule has 0 aliphatic heterocycles. The van der Waals surface area contributed by atoms with Gasteiger partial charge in [-0.3, -0.25) is 0 Å². The first-order chi connectivity index (χ1) is 6.77. The number of rotatable bonds is 1. The molecular weight excluding hydrogens is 260 g/mol. The maximum atomic E-state index is 8.81. The first-order valence-corrected chi connectivity index (χ1v) is 6.02. The highest BCUT2D eigenvalue weighted by atomic mass is 79.9. The second-order valence-electron chi connectivity index (χ2n) is 2.91. The summed E-state index contributed by atoms with van der Waals surface area (Å²) >= 11 is 5.01. The molecule has 14 heavy (non-hydrogen) atoms. The highest BCUT2D eigenvalue weighted by Gasteiger charge is 2.08. The number of nitrogens with two attached hydrogens (primary N) is 1. The van der Waals surface area contributed by atoms with Crippen LogP contribution in [0.4, 0.5) is 5.69 Å². The summed E-state index contributed by atoms with van der Waals surface area (Å²) in [6.45, 7) is 0. The number of alkyl halides is 1. The van der Waals surface area contributed by atoms with E-state index in [1.54, 1.807) is 17.4 Å². The van der Waals surface area contributed by atoms with Crippen LogP contribution in [0.3, 0.4) is 0 Å². The van der Waals surface area contributed by atoms with Gasteiger partial charge in [0.1, 0.15) is 6.07 Å². The number of thiophene rings is 1. The Labute approximate surface area is 94.1 Å². The summed E-state index contributed by atoms with van der Waals surface area (Å²) in [5, 5.41) is 12.8. The van der Waals surface area contributed by atoms with Crippen molar-refractivity contribution in [1.29, 1.82) is 5.26 Å². The third-order valence-corrected chi connectivity index (χ3v) is 3.81. The van der Waals surface area contributed by atoms with Gasteiger partial charge in [0, 0.05) is 5.33 Å². The largest absolute Gasteiger partial charge is 0.396 e. The minimum atomic E-state index is 0.556. The Kier molecular flexibility index (Phi) is 2.44. The Morgan fingerprint density at radius 2 is 2.29 bits per heavy atom. The van der Waals surface area contributed by atoms with Gasteiger partial charge >= 0.3 is 0 Å². The average molecular weight is 267 g/mol. The molecule has 0 saturated carbocycles. The van der Waals surface area contributed by atoms with Crippen molar-refractivity contribution in [3.05, 3.63) is 28.6 Å². The highest BCUT2D eigenvalue weighted by Crippen LogP contribution is 2.33. The summed E-state index contributed by atoms with van der Waals surface area (Å²) in [7, 11) is 0. The van der Waals surface area contributed by atoms with Gasteiger partial charge in [0.25, 0.3) is 0 Å². The summed E-state index contributed by atoms with van der Waals surface area (Å²) in [5.74, 6) is 0. The lowest BCUT2D eigenvalue weighted by molar-refractivity contribution is 1.49. The molecule has 0 amide bonds. The Morgan fingerprint density at radius 3 is 2.93 bits per heavy atom. The van der Waals surface area contributed by atoms with Crippen LogP contribution in [0.25, 0.3) is 10.1 Å². The van der Waals surface area contributed by atoms with Gasteiger partial charge < -0.3 is 5.73 Å². The van der Waals surface area contributed by atoms with Crippen molar-refractivity contribution in [3.63, 3.8) is 0 Å². The molecule has 0 fully saturated rings. The molecular formula is C10H7BrN2S. The number of nitriles is 1. The van der Waals surface area contributed by atoms with Gasteiger partial charge in [-0.15, -0.1) is 11.3 Å². The van der Waals surface area contributed by atoms with Gasteiger partial charge in [-0.05, 0) is 22.4 Å². The first-order valence-electron chi connectivity index (χ1n) is 4.02. The van der Waals surface area contributed by atoms with Gasteiger partial charge in [-0.1, -0.05) is 22.0 Å². The zero-order valence-corrected chi connectivity index (χ0v) is 9.65. The van der Waals surface area contributed by atoms with E-state index in [-0.39, 0.29) is 0 Å². The number of benzene rings is 1. The van der Waals surface area contributed by atoms with E-state index in [1.165, 1.54) is 5.56 Å². The molecule has 0 bridgehead atoms. The number of fused-ring (bicyclic) bond motifs is 1. The van der Waals surface area contributed by atoms with Crippen molar-refractivity contribution in [2.24, 2.45) is 0 Å². The topological polar surface area (TPSA) is 49.8 Å². The molecule has 2 aromatic rings. The molecule has 0 aliphatic rings. The molecule has 1 aromatic carbocycles. The van der Waals surface area contributed by atoms with Crippen LogP contribution in [-0.2, 0) is 5.33 Å². The number of hydrogen-bond acceptors (Lipinski definition) is 3. The van der Waals surface area contributed by atoms with E-state index in [4.69, 9.17) is 11.0 Å². The molecule has 70 valence electrons. The zero-order chi connectivity index (χ0) is 10.1. The fourth-order valence-electron chi connectivity index (χ4n) is 1.37. The fraction of sp³-hybridized carbons (Fsp3) is 0.100. The molecule has 0 unspecified atom stereocenters. The van der Waals surface area contributed by atoms with Crippen LogP contribution in [0.2, 0.25) is 0 Å². The predicted octanol–water partition coefficient (Wildman–Crippen LogP) is 3.25. The minimum absolute atomic E-state index is 0.556. The molecule has 2 N–H and O–H groups in total. The van der Waals surface area contributed by atoms with Crippen LogP contribution >= 0.6 is 27.3 Å². The molecule has 1 heterocycles. The molecule has 0 spiro atoms. The van der Waals surface area contributed by atoms with Crippen molar-refractivity contribution in [2.45, 2.75) is 5.33 Å². The molecule has 4 heteroatoms. The Bertz CT molecular complexity index is 525. The van der Waals surface area contributed by atoms with E-state index in [1.807, 2.05) is 6.07 Å². The zero-order valence-electron chi connectivity index (χ0n) is 7.25. The van der Waals surface area contributed by atoms with Gasteiger partial charge in [0.15, 0.2) is 0 Å². The number of nitrogen functional groups attached to an aromatic ring is 1. The average Bonchev–Trinajstić information content (AvgIpc) is 2.62. The smallest absolute Gasteiger partial charge is 0.101 e. The van der Waals surface area contributed by atoms with E-state index in [9.17, 15) is 0 Å². The lowest BCUT2D eigenvalue weighted by Crippen LogP contribution is -1.89. The van der Waals surface area contributed by atoms with Crippen LogP contribution in [0.5, 0.6) is 0 Å². The van der Waals surface area contributed by atoms with Crippen LogP contribution in [-0.4, -0.2) is 0 Å².